The van der Waals surface area contributed by atoms with Gasteiger partial charge in [0, 0.05) is 31.9 Å². The lowest BCUT2D eigenvalue weighted by Gasteiger charge is -2.32. The summed E-state index contributed by atoms with van der Waals surface area (Å²) in [6.07, 6.45) is 1.12. The fourth-order valence-electron chi connectivity index (χ4n) is 2.37. The SMILES string of the molecule is COc1ccc(S(C)(=O)=O)cc1C(=O)N1CCN[C@H](C)C1. The average Bonchev–Trinajstić information content (AvgIpc) is 2.44. The van der Waals surface area contributed by atoms with Crippen molar-refractivity contribution >= 4 is 15.7 Å². The summed E-state index contributed by atoms with van der Waals surface area (Å²) in [6.45, 7) is 3.91. The number of carbonyl (C=O) groups excluding carboxylic acids is 1. The molecule has 0 aromatic heterocycles. The molecule has 1 aromatic carbocycles. The number of benzene rings is 1. The number of methoxy groups -OCH3 is 1. The molecule has 1 atom stereocenters. The minimum Gasteiger partial charge on any atom is -0.496 e. The van der Waals surface area contributed by atoms with Crippen molar-refractivity contribution in [2.24, 2.45) is 0 Å². The molecule has 1 N–H and O–H groups in total. The van der Waals surface area contributed by atoms with Crippen molar-refractivity contribution in [3.05, 3.63) is 23.8 Å². The zero-order valence-corrected chi connectivity index (χ0v) is 13.2. The molecule has 6 nitrogen and oxygen atoms in total. The Kier molecular flexibility index (Phi) is 4.53. The van der Waals surface area contributed by atoms with E-state index in [9.17, 15) is 13.2 Å². The maximum atomic E-state index is 12.6. The molecule has 0 bridgehead atoms. The number of nitrogens with one attached hydrogen (secondary N) is 1. The van der Waals surface area contributed by atoms with Crippen molar-refractivity contribution in [1.29, 1.82) is 0 Å². The van der Waals surface area contributed by atoms with Gasteiger partial charge < -0.3 is 15.0 Å². The van der Waals surface area contributed by atoms with Gasteiger partial charge in [0.15, 0.2) is 9.84 Å². The van der Waals surface area contributed by atoms with E-state index in [1.54, 1.807) is 4.90 Å². The van der Waals surface area contributed by atoms with Gasteiger partial charge in [0.1, 0.15) is 5.75 Å². The molecule has 0 spiro atoms. The summed E-state index contributed by atoms with van der Waals surface area (Å²) >= 11 is 0. The lowest BCUT2D eigenvalue weighted by molar-refractivity contribution is 0.0705. The molecule has 1 saturated heterocycles. The van der Waals surface area contributed by atoms with Crippen molar-refractivity contribution in [3.63, 3.8) is 0 Å². The maximum absolute atomic E-state index is 12.6. The Morgan fingerprint density at radius 3 is 2.71 bits per heavy atom. The molecule has 21 heavy (non-hydrogen) atoms. The number of carbonyl (C=O) groups is 1. The van der Waals surface area contributed by atoms with Crippen molar-refractivity contribution in [2.75, 3.05) is 33.0 Å². The van der Waals surface area contributed by atoms with E-state index in [2.05, 4.69) is 5.32 Å². The van der Waals surface area contributed by atoms with Gasteiger partial charge in [-0.25, -0.2) is 8.42 Å². The van der Waals surface area contributed by atoms with E-state index in [1.165, 1.54) is 25.3 Å². The van der Waals surface area contributed by atoms with E-state index in [0.717, 1.165) is 12.8 Å². The first-order valence-corrected chi connectivity index (χ1v) is 8.63. The Morgan fingerprint density at radius 2 is 2.14 bits per heavy atom. The number of amides is 1. The number of sulfone groups is 1. The van der Waals surface area contributed by atoms with E-state index < -0.39 is 9.84 Å². The zero-order chi connectivity index (χ0) is 15.6. The molecule has 1 fully saturated rings. The predicted octanol–water partition coefficient (Wildman–Crippen LogP) is 0.533. The average molecular weight is 312 g/mol. The van der Waals surface area contributed by atoms with Gasteiger partial charge in [-0.1, -0.05) is 0 Å². The quantitative estimate of drug-likeness (QED) is 0.881. The van der Waals surface area contributed by atoms with Gasteiger partial charge in [0.05, 0.1) is 17.6 Å². The first-order valence-electron chi connectivity index (χ1n) is 6.73. The highest BCUT2D eigenvalue weighted by atomic mass is 32.2. The fraction of sp³-hybridized carbons (Fsp3) is 0.500. The number of hydrogen-bond acceptors (Lipinski definition) is 5. The van der Waals surface area contributed by atoms with Crippen LogP contribution in [0.4, 0.5) is 0 Å². The molecule has 7 heteroatoms. The van der Waals surface area contributed by atoms with Crippen LogP contribution in [-0.4, -0.2) is 58.3 Å². The largest absolute Gasteiger partial charge is 0.496 e. The highest BCUT2D eigenvalue weighted by Gasteiger charge is 2.25. The molecule has 0 aliphatic carbocycles. The molecule has 1 aliphatic rings. The van der Waals surface area contributed by atoms with Gasteiger partial charge in [0.2, 0.25) is 0 Å². The van der Waals surface area contributed by atoms with Gasteiger partial charge in [-0.05, 0) is 25.1 Å². The Morgan fingerprint density at radius 1 is 1.43 bits per heavy atom. The highest BCUT2D eigenvalue weighted by molar-refractivity contribution is 7.90. The molecule has 1 heterocycles. The van der Waals surface area contributed by atoms with Crippen LogP contribution in [-0.2, 0) is 9.84 Å². The molecular formula is C14H20N2O4S. The van der Waals surface area contributed by atoms with Gasteiger partial charge >= 0.3 is 0 Å². The summed E-state index contributed by atoms with van der Waals surface area (Å²) in [5, 5.41) is 3.26. The first-order chi connectivity index (χ1) is 9.82. The molecule has 1 aliphatic heterocycles. The Hall–Kier alpha value is -1.60. The second-order valence-corrected chi connectivity index (χ2v) is 7.26. The molecule has 2 rings (SSSR count). The summed E-state index contributed by atoms with van der Waals surface area (Å²) in [4.78, 5) is 14.5. The van der Waals surface area contributed by atoms with E-state index in [0.29, 0.717) is 18.8 Å². The molecule has 0 saturated carbocycles. The minimum atomic E-state index is -3.36. The second-order valence-electron chi connectivity index (χ2n) is 5.24. The van der Waals surface area contributed by atoms with E-state index >= 15 is 0 Å². The van der Waals surface area contributed by atoms with Crippen LogP contribution in [0.1, 0.15) is 17.3 Å². The Balaban J connectivity index is 2.38. The minimum absolute atomic E-state index is 0.120. The normalized spacial score (nSPS) is 19.4. The smallest absolute Gasteiger partial charge is 0.257 e. The van der Waals surface area contributed by atoms with E-state index in [1.807, 2.05) is 6.92 Å². The van der Waals surface area contributed by atoms with Crippen LogP contribution in [0.25, 0.3) is 0 Å². The third-order valence-electron chi connectivity index (χ3n) is 3.49. The van der Waals surface area contributed by atoms with Crippen LogP contribution >= 0.6 is 0 Å². The van der Waals surface area contributed by atoms with Crippen LogP contribution in [0.3, 0.4) is 0 Å². The van der Waals surface area contributed by atoms with Crippen LogP contribution in [0, 0.1) is 0 Å². The topological polar surface area (TPSA) is 75.7 Å². The number of nitrogens with zero attached hydrogens (tertiary/aromatic N) is 1. The van der Waals surface area contributed by atoms with Gasteiger partial charge in [0.25, 0.3) is 5.91 Å². The first kappa shape index (κ1) is 15.8. The predicted molar refractivity (Wildman–Crippen MR) is 79.5 cm³/mol. The van der Waals surface area contributed by atoms with Crippen molar-refractivity contribution in [1.82, 2.24) is 10.2 Å². The molecule has 1 aromatic rings. The molecule has 1 amide bonds. The number of rotatable bonds is 3. The van der Waals surface area contributed by atoms with Gasteiger partial charge in [-0.2, -0.15) is 0 Å². The molecule has 116 valence electrons. The molecule has 0 unspecified atom stereocenters. The number of hydrogen-bond donors (Lipinski definition) is 1. The summed E-state index contributed by atoms with van der Waals surface area (Å²) < 4.78 is 28.5. The molecule has 0 radical (unpaired) electrons. The zero-order valence-electron chi connectivity index (χ0n) is 12.4. The fourth-order valence-corrected chi connectivity index (χ4v) is 3.02. The number of piperazine rings is 1. The van der Waals surface area contributed by atoms with Crippen molar-refractivity contribution in [2.45, 2.75) is 17.9 Å². The van der Waals surface area contributed by atoms with E-state index in [-0.39, 0.29) is 22.4 Å². The van der Waals surface area contributed by atoms with Crippen LogP contribution in [0.5, 0.6) is 5.75 Å². The highest BCUT2D eigenvalue weighted by Crippen LogP contribution is 2.24. The summed E-state index contributed by atoms with van der Waals surface area (Å²) in [6, 6.07) is 4.58. The lowest BCUT2D eigenvalue weighted by Crippen LogP contribution is -2.51. The van der Waals surface area contributed by atoms with Crippen LogP contribution in [0.15, 0.2) is 23.1 Å². The summed E-state index contributed by atoms with van der Waals surface area (Å²) in [5.74, 6) is 0.185. The van der Waals surface area contributed by atoms with Crippen LogP contribution in [0.2, 0.25) is 0 Å². The second kappa shape index (κ2) is 6.03. The third-order valence-corrected chi connectivity index (χ3v) is 4.60. The van der Waals surface area contributed by atoms with Crippen LogP contribution < -0.4 is 10.1 Å². The summed E-state index contributed by atoms with van der Waals surface area (Å²) in [7, 11) is -1.90. The van der Waals surface area contributed by atoms with Crippen molar-refractivity contribution in [3.8, 4) is 5.75 Å². The van der Waals surface area contributed by atoms with Crippen molar-refractivity contribution < 1.29 is 17.9 Å². The summed E-state index contributed by atoms with van der Waals surface area (Å²) in [5.41, 5.74) is 0.287. The Bertz CT molecular complexity index is 642. The van der Waals surface area contributed by atoms with Gasteiger partial charge in [-0.3, -0.25) is 4.79 Å². The lowest BCUT2D eigenvalue weighted by atomic mass is 10.1. The Labute approximate surface area is 125 Å². The molecular weight excluding hydrogens is 292 g/mol. The standard InChI is InChI=1S/C14H20N2O4S/c1-10-9-16(7-6-15-10)14(17)12-8-11(21(3,18)19)4-5-13(12)20-2/h4-5,8,10,15H,6-7,9H2,1-3H3/t10-/m1/s1. The monoisotopic (exact) mass is 312 g/mol. The van der Waals surface area contributed by atoms with E-state index in [4.69, 9.17) is 4.74 Å². The van der Waals surface area contributed by atoms with Gasteiger partial charge in [-0.15, -0.1) is 0 Å². The number of ether oxygens (including phenoxy) is 1. The third kappa shape index (κ3) is 3.54. The maximum Gasteiger partial charge on any atom is 0.257 e.